The number of benzene rings is 8. The van der Waals surface area contributed by atoms with Crippen LogP contribution in [0.5, 0.6) is 0 Å². The molecule has 4 heterocycles. The molecule has 0 N–H and O–H groups in total. The van der Waals surface area contributed by atoms with Crippen molar-refractivity contribution in [2.75, 3.05) is 0 Å². The van der Waals surface area contributed by atoms with Crippen molar-refractivity contribution < 1.29 is 8.83 Å². The third kappa shape index (κ3) is 5.01. The van der Waals surface area contributed by atoms with E-state index in [9.17, 15) is 0 Å². The van der Waals surface area contributed by atoms with Gasteiger partial charge in [0.15, 0.2) is 11.6 Å². The first-order valence-electron chi connectivity index (χ1n) is 19.0. The summed E-state index contributed by atoms with van der Waals surface area (Å²) in [5, 5.41) is 6.21. The van der Waals surface area contributed by atoms with Crippen LogP contribution in [0.25, 0.3) is 117 Å². The molecular weight excluding hydrogens is 701 g/mol. The van der Waals surface area contributed by atoms with Crippen molar-refractivity contribution in [3.8, 4) is 51.0 Å². The zero-order valence-corrected chi connectivity index (χ0v) is 30.4. The Bertz CT molecular complexity index is 3470. The van der Waals surface area contributed by atoms with Gasteiger partial charge in [0.2, 0.25) is 5.95 Å². The van der Waals surface area contributed by atoms with Crippen LogP contribution in [0.4, 0.5) is 0 Å². The van der Waals surface area contributed by atoms with Gasteiger partial charge in [0.1, 0.15) is 22.3 Å². The maximum absolute atomic E-state index is 6.38. The predicted octanol–water partition coefficient (Wildman–Crippen LogP) is 13.4. The zero-order chi connectivity index (χ0) is 37.5. The summed E-state index contributed by atoms with van der Waals surface area (Å²) in [6.45, 7) is 0. The van der Waals surface area contributed by atoms with Crippen LogP contribution < -0.4 is 0 Å². The number of hydrogen-bond acceptors (Lipinski definition) is 5. The van der Waals surface area contributed by atoms with Crippen LogP contribution in [0.3, 0.4) is 0 Å². The Morgan fingerprint density at radius 3 is 1.67 bits per heavy atom. The van der Waals surface area contributed by atoms with E-state index in [4.69, 9.17) is 23.8 Å². The topological polar surface area (TPSA) is 69.9 Å². The highest BCUT2D eigenvalue weighted by atomic mass is 16.3. The first-order chi connectivity index (χ1) is 28.2. The number of nitrogens with zero attached hydrogens (tertiary/aromatic N) is 4. The molecule has 0 amide bonds. The van der Waals surface area contributed by atoms with E-state index >= 15 is 0 Å². The molecule has 0 bridgehead atoms. The van der Waals surface area contributed by atoms with Gasteiger partial charge in [-0.25, -0.2) is 4.98 Å². The second kappa shape index (κ2) is 12.3. The Balaban J connectivity index is 1.19. The molecule has 57 heavy (non-hydrogen) atoms. The molecule has 0 aliphatic carbocycles. The summed E-state index contributed by atoms with van der Waals surface area (Å²) in [4.78, 5) is 16.1. The lowest BCUT2D eigenvalue weighted by Gasteiger charge is -2.14. The molecule has 266 valence electrons. The minimum atomic E-state index is 0.518. The van der Waals surface area contributed by atoms with Crippen molar-refractivity contribution in [3.05, 3.63) is 182 Å². The van der Waals surface area contributed by atoms with Crippen molar-refractivity contribution in [2.24, 2.45) is 0 Å². The van der Waals surface area contributed by atoms with Gasteiger partial charge in [-0.3, -0.25) is 4.57 Å². The average molecular weight is 731 g/mol. The second-order valence-electron chi connectivity index (χ2n) is 14.4. The van der Waals surface area contributed by atoms with Crippen LogP contribution in [0.15, 0.2) is 191 Å². The van der Waals surface area contributed by atoms with Crippen molar-refractivity contribution >= 4 is 65.7 Å². The fourth-order valence-electron chi connectivity index (χ4n) is 8.43. The maximum atomic E-state index is 6.38. The van der Waals surface area contributed by atoms with E-state index in [0.29, 0.717) is 17.6 Å². The molecule has 8 aromatic carbocycles. The SMILES string of the molecule is c1ccc(-c2cc(-c3ccccc3)cc(-c3nc(-c4cccc5oc6ccccc6c45)nc(-n4c5ccccc5c5cc6oc7ccccc7c6cc54)n3)c2)cc1. The molecule has 12 rings (SSSR count). The molecule has 0 saturated heterocycles. The average Bonchev–Trinajstić information content (AvgIpc) is 3.95. The van der Waals surface area contributed by atoms with E-state index in [0.717, 1.165) is 99.1 Å². The number of rotatable bonds is 5. The lowest BCUT2D eigenvalue weighted by atomic mass is 9.96. The van der Waals surface area contributed by atoms with Crippen molar-refractivity contribution in [3.63, 3.8) is 0 Å². The summed E-state index contributed by atoms with van der Waals surface area (Å²) < 4.78 is 14.9. The lowest BCUT2D eigenvalue weighted by molar-refractivity contribution is 0.669. The Morgan fingerprint density at radius 2 is 0.912 bits per heavy atom. The van der Waals surface area contributed by atoms with Crippen molar-refractivity contribution in [2.45, 2.75) is 0 Å². The first-order valence-corrected chi connectivity index (χ1v) is 19.0. The summed E-state index contributed by atoms with van der Waals surface area (Å²) in [6.07, 6.45) is 0. The molecule has 0 saturated carbocycles. The molecule has 0 aliphatic rings. The zero-order valence-electron chi connectivity index (χ0n) is 30.4. The minimum absolute atomic E-state index is 0.518. The normalized spacial score (nSPS) is 11.9. The van der Waals surface area contributed by atoms with E-state index < -0.39 is 0 Å². The molecule has 12 aromatic rings. The van der Waals surface area contributed by atoms with Gasteiger partial charge in [-0.2, -0.15) is 9.97 Å². The maximum Gasteiger partial charge on any atom is 0.238 e. The Labute approximate surface area is 325 Å². The summed E-state index contributed by atoms with van der Waals surface area (Å²) in [5.41, 5.74) is 11.4. The van der Waals surface area contributed by atoms with Crippen LogP contribution in [-0.2, 0) is 0 Å². The molecule has 0 unspecified atom stereocenters. The third-order valence-electron chi connectivity index (χ3n) is 11.0. The summed E-state index contributed by atoms with van der Waals surface area (Å²) in [7, 11) is 0. The van der Waals surface area contributed by atoms with Gasteiger partial charge in [0.25, 0.3) is 0 Å². The Morgan fingerprint density at radius 1 is 0.333 bits per heavy atom. The van der Waals surface area contributed by atoms with Crippen LogP contribution in [0.2, 0.25) is 0 Å². The number of aromatic nitrogens is 4. The second-order valence-corrected chi connectivity index (χ2v) is 14.4. The molecule has 0 radical (unpaired) electrons. The van der Waals surface area contributed by atoms with E-state index in [1.165, 1.54) is 0 Å². The molecule has 4 aromatic heterocycles. The Hall–Kier alpha value is -7.83. The molecule has 0 spiro atoms. The van der Waals surface area contributed by atoms with Crippen LogP contribution in [0, 0.1) is 0 Å². The van der Waals surface area contributed by atoms with E-state index in [1.807, 2.05) is 54.6 Å². The van der Waals surface area contributed by atoms with Crippen LogP contribution in [0.1, 0.15) is 0 Å². The molecule has 6 nitrogen and oxygen atoms in total. The van der Waals surface area contributed by atoms with Crippen molar-refractivity contribution in [1.82, 2.24) is 19.5 Å². The number of para-hydroxylation sites is 3. The Kier molecular flexibility index (Phi) is 6.83. The highest BCUT2D eigenvalue weighted by Crippen LogP contribution is 2.40. The van der Waals surface area contributed by atoms with E-state index in [-0.39, 0.29) is 0 Å². The van der Waals surface area contributed by atoms with Gasteiger partial charge in [-0.1, -0.05) is 127 Å². The van der Waals surface area contributed by atoms with Gasteiger partial charge in [0.05, 0.1) is 11.0 Å². The molecular formula is C51H30N4O2. The predicted molar refractivity (Wildman–Crippen MR) is 230 cm³/mol. The standard InChI is InChI=1S/C51H30N4O2/c1-3-14-31(15-4-1)33-26-34(32-16-5-2-6-17-32)28-35(27-33)49-52-50(39-21-13-25-46-48(39)38-20-9-12-24-45(38)56-46)54-51(53-49)55-42-22-10-7-18-36(42)40-30-47-41(29-43(40)55)37-19-8-11-23-44(37)57-47/h1-30H. The lowest BCUT2D eigenvalue weighted by Crippen LogP contribution is -2.06. The van der Waals surface area contributed by atoms with E-state index in [2.05, 4.69) is 132 Å². The minimum Gasteiger partial charge on any atom is -0.456 e. The monoisotopic (exact) mass is 730 g/mol. The fraction of sp³-hybridized carbons (Fsp3) is 0. The molecule has 0 atom stereocenters. The summed E-state index contributed by atoms with van der Waals surface area (Å²) in [5.74, 6) is 1.64. The largest absolute Gasteiger partial charge is 0.456 e. The molecule has 0 fully saturated rings. The first kappa shape index (κ1) is 31.5. The fourth-order valence-corrected chi connectivity index (χ4v) is 8.43. The highest BCUT2D eigenvalue weighted by molar-refractivity contribution is 6.17. The quantitative estimate of drug-likeness (QED) is 0.176. The van der Waals surface area contributed by atoms with Gasteiger partial charge in [-0.05, 0) is 76.9 Å². The number of hydrogen-bond donors (Lipinski definition) is 0. The van der Waals surface area contributed by atoms with Crippen molar-refractivity contribution in [1.29, 1.82) is 0 Å². The van der Waals surface area contributed by atoms with Gasteiger partial charge >= 0.3 is 0 Å². The van der Waals surface area contributed by atoms with Gasteiger partial charge < -0.3 is 8.83 Å². The number of fused-ring (bicyclic) bond motifs is 9. The third-order valence-corrected chi connectivity index (χ3v) is 11.0. The molecule has 6 heteroatoms. The number of furan rings is 2. The van der Waals surface area contributed by atoms with Gasteiger partial charge in [0, 0.05) is 43.4 Å². The smallest absolute Gasteiger partial charge is 0.238 e. The molecule has 0 aliphatic heterocycles. The van der Waals surface area contributed by atoms with Gasteiger partial charge in [-0.15, -0.1) is 0 Å². The van der Waals surface area contributed by atoms with Crippen LogP contribution >= 0.6 is 0 Å². The van der Waals surface area contributed by atoms with E-state index in [1.54, 1.807) is 0 Å². The summed E-state index contributed by atoms with van der Waals surface area (Å²) in [6, 6.07) is 62.7. The highest BCUT2D eigenvalue weighted by Gasteiger charge is 2.22. The summed E-state index contributed by atoms with van der Waals surface area (Å²) >= 11 is 0. The van der Waals surface area contributed by atoms with Crippen LogP contribution in [-0.4, -0.2) is 19.5 Å².